The molecule has 2 aromatic carbocycles. The Balaban J connectivity index is 1.91. The van der Waals surface area contributed by atoms with Crippen LogP contribution >= 0.6 is 22.9 Å². The highest BCUT2D eigenvalue weighted by molar-refractivity contribution is 7.07. The Hall–Kier alpha value is -4.60. The Labute approximate surface area is 255 Å². The van der Waals surface area contributed by atoms with Crippen molar-refractivity contribution >= 4 is 41.0 Å². The first-order valence-electron chi connectivity index (χ1n) is 13.2. The number of nitrogens with zero attached hydrogens (tertiary/aromatic N) is 3. The Morgan fingerprint density at radius 2 is 1.86 bits per heavy atom. The highest BCUT2D eigenvalue weighted by Gasteiger charge is 2.34. The van der Waals surface area contributed by atoms with E-state index in [0.29, 0.717) is 42.7 Å². The number of thiazole rings is 1. The standard InChI is InChI=1S/C30H28ClN3O8S/c1-5-39-23-14-18(7-9-22(23)42-16-25(35)38-4)27-26(29(37)40-6-2)17(3)33-30-34(27)28(36)24(43-30)15-19-13-20(31)8-10-21(19)41-12-11-32/h7-10,13-15,27H,5-6,12,16H2,1-4H3/b24-15+/t27-/m1/s1. The molecule has 1 aromatic heterocycles. The van der Waals surface area contributed by atoms with E-state index < -0.39 is 23.5 Å². The summed E-state index contributed by atoms with van der Waals surface area (Å²) in [7, 11) is 1.26. The maximum atomic E-state index is 14.0. The van der Waals surface area contributed by atoms with Crippen molar-refractivity contribution in [2.45, 2.75) is 26.8 Å². The van der Waals surface area contributed by atoms with Gasteiger partial charge < -0.3 is 23.7 Å². The van der Waals surface area contributed by atoms with E-state index in [0.717, 1.165) is 11.3 Å². The minimum atomic E-state index is -0.917. The zero-order valence-corrected chi connectivity index (χ0v) is 25.4. The molecule has 0 unspecified atom stereocenters. The molecular weight excluding hydrogens is 598 g/mol. The molecule has 3 aromatic rings. The summed E-state index contributed by atoms with van der Waals surface area (Å²) in [6.45, 7) is 5.05. The van der Waals surface area contributed by atoms with Crippen LogP contribution in [0.25, 0.3) is 6.08 Å². The number of hydrogen-bond acceptors (Lipinski definition) is 11. The molecule has 4 rings (SSSR count). The van der Waals surface area contributed by atoms with Gasteiger partial charge in [0.05, 0.1) is 42.2 Å². The summed E-state index contributed by atoms with van der Waals surface area (Å²) >= 11 is 7.35. The van der Waals surface area contributed by atoms with Crippen molar-refractivity contribution in [1.82, 2.24) is 4.57 Å². The molecule has 0 aliphatic carbocycles. The molecule has 2 heterocycles. The Morgan fingerprint density at radius 3 is 2.56 bits per heavy atom. The van der Waals surface area contributed by atoms with Gasteiger partial charge in [0.1, 0.15) is 11.8 Å². The zero-order valence-electron chi connectivity index (χ0n) is 23.8. The van der Waals surface area contributed by atoms with Crippen LogP contribution in [0.15, 0.2) is 57.5 Å². The minimum absolute atomic E-state index is 0.123. The molecule has 43 heavy (non-hydrogen) atoms. The molecule has 1 aliphatic rings. The molecule has 224 valence electrons. The lowest BCUT2D eigenvalue weighted by Gasteiger charge is -2.25. The van der Waals surface area contributed by atoms with Crippen LogP contribution in [0.5, 0.6) is 17.2 Å². The summed E-state index contributed by atoms with van der Waals surface area (Å²) < 4.78 is 28.7. The van der Waals surface area contributed by atoms with Crippen LogP contribution in [-0.2, 0) is 19.1 Å². The minimum Gasteiger partial charge on any atom is -0.490 e. The first-order chi connectivity index (χ1) is 20.7. The summed E-state index contributed by atoms with van der Waals surface area (Å²) in [6, 6.07) is 10.8. The van der Waals surface area contributed by atoms with Gasteiger partial charge in [0.2, 0.25) is 0 Å². The molecule has 0 saturated heterocycles. The number of methoxy groups -OCH3 is 1. The fourth-order valence-electron chi connectivity index (χ4n) is 4.40. The fraction of sp³-hybridized carbons (Fsp3) is 0.300. The number of benzene rings is 2. The molecule has 0 bridgehead atoms. The number of carbonyl (C=O) groups excluding carboxylic acids is 2. The van der Waals surface area contributed by atoms with Crippen LogP contribution in [0.1, 0.15) is 37.9 Å². The van der Waals surface area contributed by atoms with Gasteiger partial charge in [0, 0.05) is 10.6 Å². The summed E-state index contributed by atoms with van der Waals surface area (Å²) in [5, 5.41) is 9.39. The molecule has 0 spiro atoms. The van der Waals surface area contributed by atoms with Crippen molar-refractivity contribution in [2.24, 2.45) is 4.99 Å². The Bertz CT molecular complexity index is 1800. The van der Waals surface area contributed by atoms with Crippen LogP contribution in [0.3, 0.4) is 0 Å². The SMILES string of the molecule is CCOC(=O)C1=C(C)N=c2s/c(=C/c3cc(Cl)ccc3OCC#N)c(=O)n2[C@@H]1c1ccc(OCC(=O)OC)c(OCC)c1. The van der Waals surface area contributed by atoms with Crippen molar-refractivity contribution in [2.75, 3.05) is 33.5 Å². The van der Waals surface area contributed by atoms with Crippen LogP contribution in [0, 0.1) is 11.3 Å². The van der Waals surface area contributed by atoms with E-state index in [1.807, 2.05) is 6.07 Å². The molecule has 1 aliphatic heterocycles. The average molecular weight is 626 g/mol. The summed E-state index contributed by atoms with van der Waals surface area (Å²) in [6.07, 6.45) is 1.61. The zero-order chi connectivity index (χ0) is 31.1. The second kappa shape index (κ2) is 14.0. The predicted octanol–water partition coefficient (Wildman–Crippen LogP) is 3.30. The number of hydrogen-bond donors (Lipinski definition) is 0. The number of ether oxygens (including phenoxy) is 5. The Kier molecular flexibility index (Phi) is 10.2. The third-order valence-electron chi connectivity index (χ3n) is 6.22. The third kappa shape index (κ3) is 6.90. The van der Waals surface area contributed by atoms with Gasteiger partial charge in [0.25, 0.3) is 5.56 Å². The van der Waals surface area contributed by atoms with E-state index in [1.54, 1.807) is 63.2 Å². The highest BCUT2D eigenvalue weighted by atomic mass is 35.5. The van der Waals surface area contributed by atoms with Crippen LogP contribution in [0.2, 0.25) is 5.02 Å². The van der Waals surface area contributed by atoms with Gasteiger partial charge in [0.15, 0.2) is 29.5 Å². The Morgan fingerprint density at radius 1 is 1.09 bits per heavy atom. The van der Waals surface area contributed by atoms with E-state index in [1.165, 1.54) is 11.7 Å². The van der Waals surface area contributed by atoms with Gasteiger partial charge in [-0.15, -0.1) is 0 Å². The first-order valence-corrected chi connectivity index (χ1v) is 14.4. The number of halogens is 1. The van der Waals surface area contributed by atoms with Crippen molar-refractivity contribution in [3.05, 3.63) is 83.5 Å². The van der Waals surface area contributed by atoms with Gasteiger partial charge in [-0.3, -0.25) is 9.36 Å². The predicted molar refractivity (Wildman–Crippen MR) is 158 cm³/mol. The van der Waals surface area contributed by atoms with E-state index in [-0.39, 0.29) is 37.8 Å². The van der Waals surface area contributed by atoms with Crippen molar-refractivity contribution in [1.29, 1.82) is 5.26 Å². The number of rotatable bonds is 11. The second-order valence-corrected chi connectivity index (χ2v) is 10.4. The number of nitriles is 1. The van der Waals surface area contributed by atoms with Gasteiger partial charge >= 0.3 is 11.9 Å². The molecule has 1 atom stereocenters. The molecular formula is C30H28ClN3O8S. The van der Waals surface area contributed by atoms with Crippen molar-refractivity contribution in [3.63, 3.8) is 0 Å². The van der Waals surface area contributed by atoms with E-state index in [4.69, 9.17) is 35.8 Å². The molecule has 0 saturated carbocycles. The van der Waals surface area contributed by atoms with Crippen LogP contribution in [0.4, 0.5) is 0 Å². The van der Waals surface area contributed by atoms with Crippen molar-refractivity contribution in [3.8, 4) is 23.3 Å². The van der Waals surface area contributed by atoms with Crippen LogP contribution in [-0.4, -0.2) is 50.0 Å². The number of fused-ring (bicyclic) bond motifs is 1. The molecule has 0 radical (unpaired) electrons. The summed E-state index contributed by atoms with van der Waals surface area (Å²) in [5.41, 5.74) is 1.18. The van der Waals surface area contributed by atoms with Gasteiger partial charge in [-0.05, 0) is 62.7 Å². The van der Waals surface area contributed by atoms with E-state index >= 15 is 0 Å². The maximum absolute atomic E-state index is 14.0. The van der Waals surface area contributed by atoms with Gasteiger partial charge in [-0.2, -0.15) is 5.26 Å². The third-order valence-corrected chi connectivity index (χ3v) is 7.44. The fourth-order valence-corrected chi connectivity index (χ4v) is 5.62. The smallest absolute Gasteiger partial charge is 0.343 e. The monoisotopic (exact) mass is 625 g/mol. The molecule has 13 heteroatoms. The molecule has 11 nitrogen and oxygen atoms in total. The van der Waals surface area contributed by atoms with Gasteiger partial charge in [-0.25, -0.2) is 14.6 Å². The topological polar surface area (TPSA) is 138 Å². The largest absolute Gasteiger partial charge is 0.490 e. The lowest BCUT2D eigenvalue weighted by atomic mass is 9.95. The van der Waals surface area contributed by atoms with Gasteiger partial charge in [-0.1, -0.05) is 29.0 Å². The van der Waals surface area contributed by atoms with E-state index in [9.17, 15) is 14.4 Å². The summed E-state index contributed by atoms with van der Waals surface area (Å²) in [4.78, 5) is 43.9. The lowest BCUT2D eigenvalue weighted by Crippen LogP contribution is -2.40. The molecule has 0 N–H and O–H groups in total. The number of carbonyl (C=O) groups is 2. The lowest BCUT2D eigenvalue weighted by molar-refractivity contribution is -0.143. The normalized spacial score (nSPS) is 14.3. The summed E-state index contributed by atoms with van der Waals surface area (Å²) in [5.74, 6) is -0.216. The van der Waals surface area contributed by atoms with E-state index in [2.05, 4.69) is 9.73 Å². The van der Waals surface area contributed by atoms with Crippen LogP contribution < -0.4 is 29.1 Å². The highest BCUT2D eigenvalue weighted by Crippen LogP contribution is 2.36. The molecule has 0 amide bonds. The maximum Gasteiger partial charge on any atom is 0.343 e. The quantitative estimate of drug-likeness (QED) is 0.294. The number of aromatic nitrogens is 1. The average Bonchev–Trinajstić information content (AvgIpc) is 3.29. The second-order valence-electron chi connectivity index (χ2n) is 8.94. The molecule has 0 fully saturated rings. The van der Waals surface area contributed by atoms with Crippen molar-refractivity contribution < 1.29 is 33.3 Å². The first kappa shape index (κ1) is 31.3. The number of allylic oxidation sites excluding steroid dienone is 1. The number of esters is 2.